The molecule has 1 amide bonds. The molecular weight excluding hydrogens is 328 g/mol. The van der Waals surface area contributed by atoms with E-state index >= 15 is 0 Å². The van der Waals surface area contributed by atoms with E-state index in [1.807, 2.05) is 37.4 Å². The Bertz CT molecular complexity index is 1090. The highest BCUT2D eigenvalue weighted by Gasteiger charge is 2.13. The summed E-state index contributed by atoms with van der Waals surface area (Å²) in [6.45, 7) is 0. The van der Waals surface area contributed by atoms with Crippen LogP contribution in [0.2, 0.25) is 0 Å². The van der Waals surface area contributed by atoms with E-state index in [-0.39, 0.29) is 0 Å². The van der Waals surface area contributed by atoms with Crippen molar-refractivity contribution in [1.29, 1.82) is 0 Å². The van der Waals surface area contributed by atoms with E-state index in [1.165, 1.54) is 0 Å². The molecule has 0 aliphatic heterocycles. The average molecular weight is 344 g/mol. The number of primary amides is 1. The van der Waals surface area contributed by atoms with E-state index in [4.69, 9.17) is 5.73 Å². The molecule has 0 fully saturated rings. The smallest absolute Gasteiger partial charge is 0.248 e. The van der Waals surface area contributed by atoms with Crippen molar-refractivity contribution in [3.05, 3.63) is 66.4 Å². The van der Waals surface area contributed by atoms with Crippen molar-refractivity contribution in [3.8, 4) is 11.4 Å². The van der Waals surface area contributed by atoms with Crippen LogP contribution in [0.1, 0.15) is 10.4 Å². The van der Waals surface area contributed by atoms with Gasteiger partial charge in [-0.05, 0) is 24.3 Å². The molecule has 0 aliphatic rings. The van der Waals surface area contributed by atoms with E-state index in [0.29, 0.717) is 17.2 Å². The Morgan fingerprint density at radius 1 is 1.04 bits per heavy atom. The molecule has 0 aliphatic carbocycles. The molecule has 0 atom stereocenters. The molecule has 7 heteroatoms. The molecule has 128 valence electrons. The predicted octanol–water partition coefficient (Wildman–Crippen LogP) is 2.87. The number of aryl methyl sites for hydroxylation is 1. The second kappa shape index (κ2) is 6.29. The largest absolute Gasteiger partial charge is 0.366 e. The van der Waals surface area contributed by atoms with Crippen LogP contribution in [-0.2, 0) is 7.05 Å². The van der Waals surface area contributed by atoms with E-state index < -0.39 is 5.91 Å². The zero-order valence-electron chi connectivity index (χ0n) is 14.0. The molecule has 0 saturated carbocycles. The minimum Gasteiger partial charge on any atom is -0.366 e. The summed E-state index contributed by atoms with van der Waals surface area (Å²) in [5.74, 6) is 0.798. The first-order chi connectivity index (χ1) is 12.6. The van der Waals surface area contributed by atoms with Gasteiger partial charge >= 0.3 is 0 Å². The summed E-state index contributed by atoms with van der Waals surface area (Å²) in [6, 6.07) is 16.7. The van der Waals surface area contributed by atoms with Crippen LogP contribution >= 0.6 is 0 Å². The third kappa shape index (κ3) is 2.86. The van der Waals surface area contributed by atoms with Crippen LogP contribution in [0, 0.1) is 0 Å². The summed E-state index contributed by atoms with van der Waals surface area (Å²) >= 11 is 0. The molecule has 26 heavy (non-hydrogen) atoms. The van der Waals surface area contributed by atoms with Crippen LogP contribution in [0.4, 0.5) is 11.5 Å². The number of hydrogen-bond acceptors (Lipinski definition) is 5. The van der Waals surface area contributed by atoms with E-state index in [0.717, 1.165) is 22.3 Å². The van der Waals surface area contributed by atoms with Gasteiger partial charge in [-0.2, -0.15) is 5.10 Å². The molecule has 0 unspecified atom stereocenters. The van der Waals surface area contributed by atoms with Crippen molar-refractivity contribution in [1.82, 2.24) is 19.7 Å². The van der Waals surface area contributed by atoms with Crippen molar-refractivity contribution in [2.75, 3.05) is 5.32 Å². The lowest BCUT2D eigenvalue weighted by Crippen LogP contribution is -2.10. The van der Waals surface area contributed by atoms with E-state index in [9.17, 15) is 4.79 Å². The van der Waals surface area contributed by atoms with Gasteiger partial charge in [0.15, 0.2) is 11.5 Å². The predicted molar refractivity (Wildman–Crippen MR) is 100.0 cm³/mol. The zero-order chi connectivity index (χ0) is 18.1. The SMILES string of the molecule is Cn1ncc2c(Nc3ccc(C(N)=O)cc3)nc(-c3ccccc3)nc21. The van der Waals surface area contributed by atoms with Crippen LogP contribution in [0.15, 0.2) is 60.8 Å². The Balaban J connectivity index is 1.79. The first-order valence-electron chi connectivity index (χ1n) is 8.04. The first-order valence-corrected chi connectivity index (χ1v) is 8.04. The lowest BCUT2D eigenvalue weighted by Gasteiger charge is -2.09. The number of rotatable bonds is 4. The van der Waals surface area contributed by atoms with Gasteiger partial charge in [0.25, 0.3) is 0 Å². The van der Waals surface area contributed by atoms with Crippen molar-refractivity contribution in [2.24, 2.45) is 12.8 Å². The van der Waals surface area contributed by atoms with Crippen LogP contribution in [0.5, 0.6) is 0 Å². The number of benzene rings is 2. The second-order valence-electron chi connectivity index (χ2n) is 5.83. The van der Waals surface area contributed by atoms with Gasteiger partial charge in [0, 0.05) is 23.9 Å². The van der Waals surface area contributed by atoms with Gasteiger partial charge < -0.3 is 11.1 Å². The number of nitrogens with two attached hydrogens (primary N) is 1. The summed E-state index contributed by atoms with van der Waals surface area (Å²) in [5, 5.41) is 8.37. The number of nitrogens with one attached hydrogen (secondary N) is 1. The highest BCUT2D eigenvalue weighted by molar-refractivity contribution is 5.94. The molecular formula is C19H16N6O. The number of carbonyl (C=O) groups is 1. The molecule has 2 aromatic carbocycles. The maximum Gasteiger partial charge on any atom is 0.248 e. The Kier molecular flexibility index (Phi) is 3.81. The Morgan fingerprint density at radius 2 is 1.77 bits per heavy atom. The lowest BCUT2D eigenvalue weighted by atomic mass is 10.2. The Hall–Kier alpha value is -3.74. The molecule has 3 N–H and O–H groups in total. The standard InChI is InChI=1S/C19H16N6O/c1-25-19-15(11-21-25)18(22-14-9-7-12(8-10-14)16(20)26)23-17(24-19)13-5-3-2-4-6-13/h2-11H,1H3,(H2,20,26)(H,22,23,24). The molecule has 4 rings (SSSR count). The number of nitrogens with zero attached hydrogens (tertiary/aromatic N) is 4. The van der Waals surface area contributed by atoms with Gasteiger partial charge in [-0.25, -0.2) is 9.97 Å². The van der Waals surface area contributed by atoms with Gasteiger partial charge in [0.1, 0.15) is 5.82 Å². The molecule has 2 aromatic heterocycles. The number of hydrogen-bond donors (Lipinski definition) is 2. The molecule has 0 spiro atoms. The maximum atomic E-state index is 11.2. The number of fused-ring (bicyclic) bond motifs is 1. The molecule has 0 saturated heterocycles. The summed E-state index contributed by atoms with van der Waals surface area (Å²) in [5.41, 5.74) is 8.18. The minimum absolute atomic E-state index is 0.453. The number of anilines is 2. The van der Waals surface area contributed by atoms with Crippen molar-refractivity contribution in [2.45, 2.75) is 0 Å². The van der Waals surface area contributed by atoms with Gasteiger partial charge in [-0.1, -0.05) is 30.3 Å². The van der Waals surface area contributed by atoms with Gasteiger partial charge in [-0.3, -0.25) is 9.48 Å². The number of aromatic nitrogens is 4. The van der Waals surface area contributed by atoms with Crippen molar-refractivity contribution >= 4 is 28.4 Å². The molecule has 2 heterocycles. The fourth-order valence-corrected chi connectivity index (χ4v) is 2.69. The average Bonchev–Trinajstić information content (AvgIpc) is 3.04. The topological polar surface area (TPSA) is 98.7 Å². The fraction of sp³-hybridized carbons (Fsp3) is 0.0526. The van der Waals surface area contributed by atoms with Crippen LogP contribution in [-0.4, -0.2) is 25.7 Å². The second-order valence-corrected chi connectivity index (χ2v) is 5.83. The van der Waals surface area contributed by atoms with Crippen LogP contribution < -0.4 is 11.1 Å². The van der Waals surface area contributed by atoms with Gasteiger partial charge in [-0.15, -0.1) is 0 Å². The van der Waals surface area contributed by atoms with E-state index in [1.54, 1.807) is 35.1 Å². The highest BCUT2D eigenvalue weighted by atomic mass is 16.1. The molecule has 7 nitrogen and oxygen atoms in total. The molecule has 0 bridgehead atoms. The maximum absolute atomic E-state index is 11.2. The summed E-state index contributed by atoms with van der Waals surface area (Å²) in [4.78, 5) is 20.5. The Morgan fingerprint density at radius 3 is 2.46 bits per heavy atom. The lowest BCUT2D eigenvalue weighted by molar-refractivity contribution is 0.100. The quantitative estimate of drug-likeness (QED) is 0.593. The van der Waals surface area contributed by atoms with Crippen molar-refractivity contribution in [3.63, 3.8) is 0 Å². The number of carbonyl (C=O) groups excluding carboxylic acids is 1. The van der Waals surface area contributed by atoms with Gasteiger partial charge in [0.2, 0.25) is 5.91 Å². The molecule has 4 aromatic rings. The number of amides is 1. The monoisotopic (exact) mass is 344 g/mol. The summed E-state index contributed by atoms with van der Waals surface area (Å²) < 4.78 is 1.71. The van der Waals surface area contributed by atoms with Gasteiger partial charge in [0.05, 0.1) is 11.6 Å². The normalized spacial score (nSPS) is 10.8. The molecule has 0 radical (unpaired) electrons. The van der Waals surface area contributed by atoms with E-state index in [2.05, 4.69) is 20.4 Å². The highest BCUT2D eigenvalue weighted by Crippen LogP contribution is 2.27. The third-order valence-electron chi connectivity index (χ3n) is 4.06. The van der Waals surface area contributed by atoms with Crippen molar-refractivity contribution < 1.29 is 4.79 Å². The fourth-order valence-electron chi connectivity index (χ4n) is 2.69. The third-order valence-corrected chi connectivity index (χ3v) is 4.06. The first kappa shape index (κ1) is 15.8. The van der Waals surface area contributed by atoms with Crippen LogP contribution in [0.3, 0.4) is 0 Å². The summed E-state index contributed by atoms with van der Waals surface area (Å²) in [6.07, 6.45) is 1.73. The zero-order valence-corrected chi connectivity index (χ0v) is 14.0. The summed E-state index contributed by atoms with van der Waals surface area (Å²) in [7, 11) is 1.84. The Labute approximate surface area is 149 Å². The van der Waals surface area contributed by atoms with Crippen LogP contribution in [0.25, 0.3) is 22.4 Å². The minimum atomic E-state index is -0.459.